The first-order valence-electron chi connectivity index (χ1n) is 10.1. The van der Waals surface area contributed by atoms with Gasteiger partial charge in [0.05, 0.1) is 6.54 Å². The summed E-state index contributed by atoms with van der Waals surface area (Å²) in [5.74, 6) is -1.42. The number of ether oxygens (including phenoxy) is 1. The number of hydrogen-bond donors (Lipinski definition) is 0. The summed E-state index contributed by atoms with van der Waals surface area (Å²) in [7, 11) is 0. The van der Waals surface area contributed by atoms with E-state index in [1.54, 1.807) is 0 Å². The highest BCUT2D eigenvalue weighted by Gasteiger charge is 2.48. The molecule has 30 heavy (non-hydrogen) atoms. The van der Waals surface area contributed by atoms with E-state index in [0.29, 0.717) is 30.5 Å². The zero-order valence-corrected chi connectivity index (χ0v) is 17.0. The molecular formula is C21H21ClN4O4. The maximum atomic E-state index is 12.0. The Morgan fingerprint density at radius 2 is 1.87 bits per heavy atom. The van der Waals surface area contributed by atoms with E-state index in [4.69, 9.17) is 26.2 Å². The lowest BCUT2D eigenvalue weighted by molar-refractivity contribution is -0.292. The molecular weight excluding hydrogens is 408 g/mol. The van der Waals surface area contributed by atoms with Crippen LogP contribution in [0.25, 0.3) is 0 Å². The zero-order valence-electron chi connectivity index (χ0n) is 16.3. The smallest absolute Gasteiger partial charge is 0.433 e. The van der Waals surface area contributed by atoms with Gasteiger partial charge in [0, 0.05) is 30.0 Å². The van der Waals surface area contributed by atoms with Crippen LogP contribution < -0.4 is 0 Å². The predicted octanol–water partition coefficient (Wildman–Crippen LogP) is 2.21. The first-order valence-corrected chi connectivity index (χ1v) is 10.5. The fourth-order valence-corrected chi connectivity index (χ4v) is 4.41. The van der Waals surface area contributed by atoms with Crippen LogP contribution in [0.1, 0.15) is 41.5 Å². The van der Waals surface area contributed by atoms with Gasteiger partial charge in [-0.15, -0.1) is 0 Å². The molecule has 2 fully saturated rings. The van der Waals surface area contributed by atoms with Crippen molar-refractivity contribution >= 4 is 23.5 Å². The number of esters is 1. The van der Waals surface area contributed by atoms with Gasteiger partial charge in [-0.05, 0) is 48.9 Å². The zero-order chi connectivity index (χ0) is 20.7. The number of rotatable bonds is 3. The molecule has 8 nitrogen and oxygen atoms in total. The van der Waals surface area contributed by atoms with Crippen LogP contribution >= 0.6 is 11.6 Å². The number of aromatic nitrogens is 2. The molecule has 0 saturated carbocycles. The fourth-order valence-electron chi connectivity index (χ4n) is 4.28. The highest BCUT2D eigenvalue weighted by molar-refractivity contribution is 6.30. The molecule has 2 aromatic rings. The fraction of sp³-hybridized carbons (Fsp3) is 0.429. The molecule has 1 aromatic carbocycles. The molecule has 2 aliphatic heterocycles. The third-order valence-electron chi connectivity index (χ3n) is 5.80. The third kappa shape index (κ3) is 3.66. The Bertz CT molecular complexity index is 983. The van der Waals surface area contributed by atoms with Crippen LogP contribution in [0.3, 0.4) is 0 Å². The number of aryl methyl sites for hydroxylation is 2. The van der Waals surface area contributed by atoms with Crippen molar-refractivity contribution in [1.82, 2.24) is 19.9 Å². The molecule has 0 bridgehead atoms. The van der Waals surface area contributed by atoms with Gasteiger partial charge in [-0.25, -0.2) is 19.6 Å². The summed E-state index contributed by atoms with van der Waals surface area (Å²) in [5.41, 5.74) is 3.29. The lowest BCUT2D eigenvalue weighted by Crippen LogP contribution is -2.60. The number of hydroxylamine groups is 2. The van der Waals surface area contributed by atoms with Crippen LogP contribution in [0.15, 0.2) is 30.5 Å². The summed E-state index contributed by atoms with van der Waals surface area (Å²) in [6, 6.07) is 7.16. The second-order valence-electron chi connectivity index (χ2n) is 7.76. The highest BCUT2D eigenvalue weighted by atomic mass is 35.5. The summed E-state index contributed by atoms with van der Waals surface area (Å²) >= 11 is 6.02. The molecule has 9 heteroatoms. The minimum absolute atomic E-state index is 0.415. The van der Waals surface area contributed by atoms with Crippen molar-refractivity contribution in [1.29, 1.82) is 0 Å². The van der Waals surface area contributed by atoms with Crippen molar-refractivity contribution in [2.45, 2.75) is 44.5 Å². The Hall–Kier alpha value is -2.55. The molecule has 3 aliphatic rings. The Balaban J connectivity index is 1.50. The van der Waals surface area contributed by atoms with E-state index in [2.05, 4.69) is 9.88 Å². The maximum absolute atomic E-state index is 12.0. The number of fused-ring (bicyclic) bond motifs is 2. The quantitative estimate of drug-likeness (QED) is 0.543. The van der Waals surface area contributed by atoms with Crippen molar-refractivity contribution in [2.75, 3.05) is 13.1 Å². The molecule has 2 unspecified atom stereocenters. The Kier molecular flexibility index (Phi) is 5.14. The van der Waals surface area contributed by atoms with Gasteiger partial charge in [-0.3, -0.25) is 4.90 Å². The lowest BCUT2D eigenvalue weighted by Gasteiger charge is -2.45. The Morgan fingerprint density at radius 3 is 2.70 bits per heavy atom. The van der Waals surface area contributed by atoms with Crippen LogP contribution in [0.5, 0.6) is 0 Å². The second kappa shape index (κ2) is 7.94. The van der Waals surface area contributed by atoms with E-state index in [1.165, 1.54) is 10.6 Å². The normalized spacial score (nSPS) is 24.6. The van der Waals surface area contributed by atoms with Crippen LogP contribution in [0, 0.1) is 0 Å². The molecule has 5 rings (SSSR count). The standard InChI is InChI=1S/C21H21ClN4O4/c22-15-7-5-13(6-8-15)12-25-9-10-26-19(29-20(27)21(28)30-26)17(25)18-23-11-14-3-1-2-4-16(14)24-18/h5-8,11,17,19H,1-4,9-10,12H2. The van der Waals surface area contributed by atoms with Crippen LogP contribution in [0.4, 0.5) is 0 Å². The molecule has 0 amide bonds. The summed E-state index contributed by atoms with van der Waals surface area (Å²) < 4.78 is 5.47. The topological polar surface area (TPSA) is 84.9 Å². The number of benzene rings is 1. The molecule has 1 aliphatic carbocycles. The summed E-state index contributed by atoms with van der Waals surface area (Å²) in [6.07, 6.45) is 5.23. The average Bonchev–Trinajstić information content (AvgIpc) is 2.76. The summed E-state index contributed by atoms with van der Waals surface area (Å²) in [4.78, 5) is 40.5. The molecule has 2 atom stereocenters. The highest BCUT2D eigenvalue weighted by Crippen LogP contribution is 2.34. The molecule has 0 N–H and O–H groups in total. The molecule has 156 valence electrons. The minimum atomic E-state index is -0.998. The maximum Gasteiger partial charge on any atom is 0.436 e. The van der Waals surface area contributed by atoms with Crippen molar-refractivity contribution in [3.63, 3.8) is 0 Å². The summed E-state index contributed by atoms with van der Waals surface area (Å²) in [5, 5.41) is 2.10. The van der Waals surface area contributed by atoms with Gasteiger partial charge in [0.15, 0.2) is 5.82 Å². The SMILES string of the molecule is O=C1OC2C(c3ncc4c(n3)CCCC4)N(Cc3ccc(Cl)cc3)CCN2OC1=O. The Labute approximate surface area is 178 Å². The molecule has 0 spiro atoms. The van der Waals surface area contributed by atoms with Crippen LogP contribution in [0.2, 0.25) is 5.02 Å². The van der Waals surface area contributed by atoms with E-state index < -0.39 is 24.2 Å². The van der Waals surface area contributed by atoms with Gasteiger partial charge < -0.3 is 9.57 Å². The van der Waals surface area contributed by atoms with E-state index in [9.17, 15) is 9.59 Å². The number of nitrogens with zero attached hydrogens (tertiary/aromatic N) is 4. The lowest BCUT2D eigenvalue weighted by atomic mass is 9.97. The van der Waals surface area contributed by atoms with E-state index in [0.717, 1.165) is 36.9 Å². The summed E-state index contributed by atoms with van der Waals surface area (Å²) in [6.45, 7) is 1.60. The van der Waals surface area contributed by atoms with E-state index in [1.807, 2.05) is 30.5 Å². The monoisotopic (exact) mass is 428 g/mol. The minimum Gasteiger partial charge on any atom is -0.433 e. The Morgan fingerprint density at radius 1 is 1.07 bits per heavy atom. The van der Waals surface area contributed by atoms with E-state index in [-0.39, 0.29) is 0 Å². The molecule has 3 heterocycles. The number of hydrogen-bond acceptors (Lipinski definition) is 8. The first-order chi connectivity index (χ1) is 14.6. The van der Waals surface area contributed by atoms with Crippen molar-refractivity contribution in [2.24, 2.45) is 0 Å². The van der Waals surface area contributed by atoms with Crippen molar-refractivity contribution < 1.29 is 19.2 Å². The van der Waals surface area contributed by atoms with Gasteiger partial charge in [0.25, 0.3) is 0 Å². The van der Waals surface area contributed by atoms with Gasteiger partial charge in [0.2, 0.25) is 6.23 Å². The van der Waals surface area contributed by atoms with E-state index >= 15 is 0 Å². The number of carbonyl (C=O) groups is 2. The number of piperazine rings is 1. The third-order valence-corrected chi connectivity index (χ3v) is 6.05. The molecule has 0 radical (unpaired) electrons. The first kappa shape index (κ1) is 19.4. The molecule has 2 saturated heterocycles. The predicted molar refractivity (Wildman–Crippen MR) is 106 cm³/mol. The van der Waals surface area contributed by atoms with Gasteiger partial charge in [0.1, 0.15) is 6.04 Å². The van der Waals surface area contributed by atoms with Crippen LogP contribution in [-0.4, -0.2) is 51.2 Å². The number of halogens is 1. The van der Waals surface area contributed by atoms with Crippen molar-refractivity contribution in [3.8, 4) is 0 Å². The largest absolute Gasteiger partial charge is 0.436 e. The van der Waals surface area contributed by atoms with Gasteiger partial charge in [-0.2, -0.15) is 0 Å². The number of carbonyl (C=O) groups excluding carboxylic acids is 2. The van der Waals surface area contributed by atoms with Crippen LogP contribution in [-0.2, 0) is 38.5 Å². The van der Waals surface area contributed by atoms with Gasteiger partial charge >= 0.3 is 11.9 Å². The second-order valence-corrected chi connectivity index (χ2v) is 8.20. The average molecular weight is 429 g/mol. The van der Waals surface area contributed by atoms with Crippen molar-refractivity contribution in [3.05, 3.63) is 58.1 Å². The van der Waals surface area contributed by atoms with Gasteiger partial charge in [-0.1, -0.05) is 28.8 Å². The molecule has 1 aromatic heterocycles.